The summed E-state index contributed by atoms with van der Waals surface area (Å²) >= 11 is 10.9. The second-order valence-electron chi connectivity index (χ2n) is 2.63. The third-order valence-electron chi connectivity index (χ3n) is 1.65. The average Bonchev–Trinajstić information content (AvgIpc) is 2.36. The lowest BCUT2D eigenvalue weighted by Crippen LogP contribution is -2.36. The van der Waals surface area contributed by atoms with Crippen LogP contribution < -0.4 is 0 Å². The van der Waals surface area contributed by atoms with Crippen LogP contribution >= 0.6 is 23.2 Å². The molecule has 0 aromatic rings. The van der Waals surface area contributed by atoms with Crippen LogP contribution in [-0.4, -0.2) is 35.8 Å². The zero-order valence-electron chi connectivity index (χ0n) is 7.75. The summed E-state index contributed by atoms with van der Waals surface area (Å²) in [6.07, 6.45) is 0. The molecule has 1 heterocycles. The van der Waals surface area contributed by atoms with E-state index in [2.05, 4.69) is 4.74 Å². The number of halogens is 2. The van der Waals surface area contributed by atoms with Gasteiger partial charge in [-0.1, -0.05) is 23.2 Å². The molecule has 0 N–H and O–H groups in total. The van der Waals surface area contributed by atoms with Crippen molar-refractivity contribution in [2.75, 3.05) is 13.2 Å². The Morgan fingerprint density at radius 3 is 2.13 bits per heavy atom. The summed E-state index contributed by atoms with van der Waals surface area (Å²) in [5, 5.41) is -0.739. The number of nitrogens with zero attached hydrogens (tertiary/aromatic N) is 1. The van der Waals surface area contributed by atoms with Gasteiger partial charge in [-0.25, -0.2) is 0 Å². The highest BCUT2D eigenvalue weighted by molar-refractivity contribution is 6.58. The number of amides is 2. The van der Waals surface area contributed by atoms with Gasteiger partial charge in [0.2, 0.25) is 0 Å². The van der Waals surface area contributed by atoms with E-state index in [-0.39, 0.29) is 16.7 Å². The molecule has 7 heteroatoms. The molecule has 0 saturated heterocycles. The van der Waals surface area contributed by atoms with Crippen molar-refractivity contribution in [1.29, 1.82) is 0 Å². The van der Waals surface area contributed by atoms with Gasteiger partial charge < -0.3 is 4.74 Å². The summed E-state index contributed by atoms with van der Waals surface area (Å²) in [5.41, 5.74) is 0. The maximum Gasteiger partial charge on any atom is 0.326 e. The summed E-state index contributed by atoms with van der Waals surface area (Å²) in [6, 6.07) is 0. The van der Waals surface area contributed by atoms with Crippen LogP contribution in [0.5, 0.6) is 0 Å². The number of carbonyl (C=O) groups is 3. The van der Waals surface area contributed by atoms with Crippen molar-refractivity contribution in [1.82, 2.24) is 4.90 Å². The Balaban J connectivity index is 2.72. The lowest BCUT2D eigenvalue weighted by atomic mass is 10.5. The fraction of sp³-hybridized carbons (Fsp3) is 0.375. The first kappa shape index (κ1) is 12.0. The molecule has 0 aliphatic carbocycles. The minimum Gasteiger partial charge on any atom is -0.465 e. The van der Waals surface area contributed by atoms with Crippen molar-refractivity contribution in [3.8, 4) is 0 Å². The number of carbonyl (C=O) groups excluding carboxylic acids is 3. The summed E-state index contributed by atoms with van der Waals surface area (Å²) in [4.78, 5) is 34.2. The molecule has 0 atom stereocenters. The van der Waals surface area contributed by atoms with E-state index in [1.807, 2.05) is 0 Å². The van der Waals surface area contributed by atoms with E-state index < -0.39 is 24.3 Å². The minimum absolute atomic E-state index is 0.171. The lowest BCUT2D eigenvalue weighted by molar-refractivity contribution is -0.151. The largest absolute Gasteiger partial charge is 0.465 e. The summed E-state index contributed by atoms with van der Waals surface area (Å²) in [7, 11) is 0. The van der Waals surface area contributed by atoms with Crippen LogP contribution in [0.15, 0.2) is 10.1 Å². The van der Waals surface area contributed by atoms with E-state index >= 15 is 0 Å². The van der Waals surface area contributed by atoms with Gasteiger partial charge in [-0.2, -0.15) is 0 Å². The van der Waals surface area contributed by atoms with Crippen molar-refractivity contribution in [3.63, 3.8) is 0 Å². The molecule has 0 aromatic heterocycles. The number of rotatable bonds is 3. The van der Waals surface area contributed by atoms with E-state index in [9.17, 15) is 14.4 Å². The standard InChI is InChI=1S/C8H7Cl2NO4/c1-2-15-4(12)3-11-7(13)5(9)6(10)8(11)14/h2-3H2,1H3. The molecule has 0 spiro atoms. The third kappa shape index (κ3) is 2.30. The van der Waals surface area contributed by atoms with Crippen LogP contribution in [0.25, 0.3) is 0 Å². The Labute approximate surface area is 95.6 Å². The van der Waals surface area contributed by atoms with Gasteiger partial charge >= 0.3 is 5.97 Å². The van der Waals surface area contributed by atoms with E-state index in [0.717, 1.165) is 0 Å². The molecule has 0 bridgehead atoms. The predicted molar refractivity (Wildman–Crippen MR) is 52.1 cm³/mol. The van der Waals surface area contributed by atoms with Gasteiger partial charge in [0.25, 0.3) is 11.8 Å². The van der Waals surface area contributed by atoms with E-state index in [1.165, 1.54) is 0 Å². The highest BCUT2D eigenvalue weighted by Gasteiger charge is 2.37. The van der Waals surface area contributed by atoms with Gasteiger partial charge in [-0.3, -0.25) is 19.3 Å². The molecule has 0 aromatic carbocycles. The minimum atomic E-state index is -0.778. The Bertz CT molecular complexity index is 340. The molecule has 1 aliphatic rings. The molecule has 1 aliphatic heterocycles. The van der Waals surface area contributed by atoms with Crippen molar-refractivity contribution in [2.45, 2.75) is 6.92 Å². The number of imide groups is 1. The average molecular weight is 252 g/mol. The number of hydrogen-bond acceptors (Lipinski definition) is 4. The molecule has 0 unspecified atom stereocenters. The third-order valence-corrected chi connectivity index (χ3v) is 2.45. The fourth-order valence-electron chi connectivity index (χ4n) is 0.996. The Morgan fingerprint density at radius 2 is 1.73 bits per heavy atom. The van der Waals surface area contributed by atoms with Crippen LogP contribution in [0.2, 0.25) is 0 Å². The maximum absolute atomic E-state index is 11.3. The van der Waals surface area contributed by atoms with Gasteiger partial charge in [0.1, 0.15) is 16.6 Å². The second kappa shape index (κ2) is 4.63. The fourth-order valence-corrected chi connectivity index (χ4v) is 1.36. The first-order valence-electron chi connectivity index (χ1n) is 4.06. The maximum atomic E-state index is 11.3. The molecular formula is C8H7Cl2NO4. The summed E-state index contributed by atoms with van der Waals surface area (Å²) < 4.78 is 4.58. The molecular weight excluding hydrogens is 245 g/mol. The normalized spacial score (nSPS) is 16.3. The predicted octanol–water partition coefficient (Wildman–Crippen LogP) is 0.607. The van der Waals surface area contributed by atoms with Crippen LogP contribution in [0.4, 0.5) is 0 Å². The second-order valence-corrected chi connectivity index (χ2v) is 3.39. The summed E-state index contributed by atoms with van der Waals surface area (Å²) in [6.45, 7) is 1.31. The van der Waals surface area contributed by atoms with Crippen LogP contribution in [0.1, 0.15) is 6.92 Å². The van der Waals surface area contributed by atoms with Gasteiger partial charge in [-0.05, 0) is 6.92 Å². The molecule has 1 rings (SSSR count). The molecule has 0 saturated carbocycles. The first-order chi connectivity index (χ1) is 6.99. The Morgan fingerprint density at radius 1 is 1.27 bits per heavy atom. The SMILES string of the molecule is CCOC(=O)CN1C(=O)C(Cl)=C(Cl)C1=O. The molecule has 2 amide bonds. The number of ether oxygens (including phenoxy) is 1. The quantitative estimate of drug-likeness (QED) is 0.545. The van der Waals surface area contributed by atoms with Crippen molar-refractivity contribution in [2.24, 2.45) is 0 Å². The van der Waals surface area contributed by atoms with Gasteiger partial charge in [0.05, 0.1) is 6.61 Å². The van der Waals surface area contributed by atoms with Crippen molar-refractivity contribution in [3.05, 3.63) is 10.1 Å². The zero-order chi connectivity index (χ0) is 11.6. The Hall–Kier alpha value is -1.07. The topological polar surface area (TPSA) is 63.7 Å². The monoisotopic (exact) mass is 251 g/mol. The molecule has 15 heavy (non-hydrogen) atoms. The van der Waals surface area contributed by atoms with Gasteiger partial charge in [0, 0.05) is 0 Å². The van der Waals surface area contributed by atoms with E-state index in [0.29, 0.717) is 4.90 Å². The van der Waals surface area contributed by atoms with Gasteiger partial charge in [-0.15, -0.1) is 0 Å². The Kier molecular flexibility index (Phi) is 3.71. The van der Waals surface area contributed by atoms with Crippen LogP contribution in [0.3, 0.4) is 0 Å². The van der Waals surface area contributed by atoms with Gasteiger partial charge in [0.15, 0.2) is 0 Å². The van der Waals surface area contributed by atoms with E-state index in [1.54, 1.807) is 6.92 Å². The molecule has 0 fully saturated rings. The highest BCUT2D eigenvalue weighted by Crippen LogP contribution is 2.26. The number of esters is 1. The number of hydrogen-bond donors (Lipinski definition) is 0. The highest BCUT2D eigenvalue weighted by atomic mass is 35.5. The lowest BCUT2D eigenvalue weighted by Gasteiger charge is -2.12. The zero-order valence-corrected chi connectivity index (χ0v) is 9.26. The van der Waals surface area contributed by atoms with E-state index in [4.69, 9.17) is 23.2 Å². The van der Waals surface area contributed by atoms with Crippen LogP contribution in [-0.2, 0) is 19.1 Å². The van der Waals surface area contributed by atoms with Crippen molar-refractivity contribution < 1.29 is 19.1 Å². The van der Waals surface area contributed by atoms with Crippen molar-refractivity contribution >= 4 is 41.0 Å². The molecule has 82 valence electrons. The first-order valence-corrected chi connectivity index (χ1v) is 4.81. The molecule has 5 nitrogen and oxygen atoms in total. The smallest absolute Gasteiger partial charge is 0.326 e. The summed E-state index contributed by atoms with van der Waals surface area (Å²) in [5.74, 6) is -2.24. The molecule has 0 radical (unpaired) electrons. The van der Waals surface area contributed by atoms with Crippen LogP contribution in [0, 0.1) is 0 Å².